The lowest BCUT2D eigenvalue weighted by molar-refractivity contribution is 0.229. The van der Waals surface area contributed by atoms with Gasteiger partial charge in [-0.25, -0.2) is 4.98 Å². The van der Waals surface area contributed by atoms with Gasteiger partial charge in [0.25, 0.3) is 0 Å². The van der Waals surface area contributed by atoms with Crippen molar-refractivity contribution in [3.05, 3.63) is 18.1 Å². The van der Waals surface area contributed by atoms with Crippen LogP contribution in [0.15, 0.2) is 12.4 Å². The molecule has 1 fully saturated rings. The standard InChI is InChI=1S/C12H20N4/c1-3-16-8-4-11(5-9-16)15-12-10(2)13-6-7-14-12/h6-7,11H,3-5,8-9H2,1-2H3,(H,14,15). The summed E-state index contributed by atoms with van der Waals surface area (Å²) in [6, 6.07) is 0.554. The van der Waals surface area contributed by atoms with Gasteiger partial charge in [0.15, 0.2) is 0 Å². The van der Waals surface area contributed by atoms with Crippen molar-refractivity contribution in [1.82, 2.24) is 14.9 Å². The Balaban J connectivity index is 1.89. The maximum atomic E-state index is 4.32. The lowest BCUT2D eigenvalue weighted by Gasteiger charge is -2.31. The maximum Gasteiger partial charge on any atom is 0.147 e. The van der Waals surface area contributed by atoms with Crippen LogP contribution in [0.25, 0.3) is 0 Å². The number of nitrogens with zero attached hydrogens (tertiary/aromatic N) is 3. The van der Waals surface area contributed by atoms with E-state index in [0.717, 1.165) is 18.1 Å². The number of aryl methyl sites for hydroxylation is 1. The van der Waals surface area contributed by atoms with E-state index < -0.39 is 0 Å². The van der Waals surface area contributed by atoms with Crippen LogP contribution < -0.4 is 5.32 Å². The van der Waals surface area contributed by atoms with Crippen LogP contribution in [0.5, 0.6) is 0 Å². The fourth-order valence-electron chi connectivity index (χ4n) is 2.14. The average molecular weight is 220 g/mol. The first-order valence-electron chi connectivity index (χ1n) is 6.06. The number of aromatic nitrogens is 2. The SMILES string of the molecule is CCN1CCC(Nc2nccnc2C)CC1. The molecule has 16 heavy (non-hydrogen) atoms. The molecule has 0 spiro atoms. The molecule has 1 aliphatic heterocycles. The monoisotopic (exact) mass is 220 g/mol. The predicted octanol–water partition coefficient (Wildman–Crippen LogP) is 1.68. The third kappa shape index (κ3) is 2.70. The summed E-state index contributed by atoms with van der Waals surface area (Å²) in [6.07, 6.45) is 5.88. The van der Waals surface area contributed by atoms with Crippen LogP contribution in [-0.4, -0.2) is 40.5 Å². The van der Waals surface area contributed by atoms with Crippen molar-refractivity contribution in [2.75, 3.05) is 25.0 Å². The fraction of sp³-hybridized carbons (Fsp3) is 0.667. The minimum Gasteiger partial charge on any atom is -0.366 e. The van der Waals surface area contributed by atoms with Crippen molar-refractivity contribution in [2.45, 2.75) is 32.7 Å². The van der Waals surface area contributed by atoms with Gasteiger partial charge >= 0.3 is 0 Å². The Morgan fingerprint density at radius 2 is 2.00 bits per heavy atom. The maximum absolute atomic E-state index is 4.32. The summed E-state index contributed by atoms with van der Waals surface area (Å²) < 4.78 is 0. The van der Waals surface area contributed by atoms with Gasteiger partial charge in [0.1, 0.15) is 5.82 Å². The van der Waals surface area contributed by atoms with Crippen LogP contribution in [-0.2, 0) is 0 Å². The van der Waals surface area contributed by atoms with Crippen molar-refractivity contribution in [3.8, 4) is 0 Å². The van der Waals surface area contributed by atoms with Gasteiger partial charge in [0.05, 0.1) is 5.69 Å². The second-order valence-corrected chi connectivity index (χ2v) is 4.34. The highest BCUT2D eigenvalue weighted by Crippen LogP contribution is 2.16. The molecular formula is C12H20N4. The number of anilines is 1. The second kappa shape index (κ2) is 5.25. The smallest absolute Gasteiger partial charge is 0.147 e. The molecule has 0 atom stereocenters. The Morgan fingerprint density at radius 1 is 1.31 bits per heavy atom. The van der Waals surface area contributed by atoms with Crippen LogP contribution in [0.4, 0.5) is 5.82 Å². The molecule has 1 N–H and O–H groups in total. The first kappa shape index (κ1) is 11.3. The van der Waals surface area contributed by atoms with Gasteiger partial charge < -0.3 is 10.2 Å². The van der Waals surface area contributed by atoms with Crippen LogP contribution >= 0.6 is 0 Å². The van der Waals surface area contributed by atoms with Gasteiger partial charge in [-0.2, -0.15) is 0 Å². The second-order valence-electron chi connectivity index (χ2n) is 4.34. The minimum absolute atomic E-state index is 0.554. The molecule has 1 aromatic rings. The van der Waals surface area contributed by atoms with Gasteiger partial charge in [-0.05, 0) is 26.3 Å². The summed E-state index contributed by atoms with van der Waals surface area (Å²) in [5.41, 5.74) is 0.987. The summed E-state index contributed by atoms with van der Waals surface area (Å²) in [5, 5.41) is 3.49. The zero-order chi connectivity index (χ0) is 11.4. The van der Waals surface area contributed by atoms with E-state index in [1.807, 2.05) is 6.92 Å². The number of likely N-dealkylation sites (tertiary alicyclic amines) is 1. The van der Waals surface area contributed by atoms with Crippen molar-refractivity contribution in [1.29, 1.82) is 0 Å². The van der Waals surface area contributed by atoms with Gasteiger partial charge in [-0.15, -0.1) is 0 Å². The zero-order valence-corrected chi connectivity index (χ0v) is 10.1. The number of hydrogen-bond acceptors (Lipinski definition) is 4. The third-order valence-electron chi connectivity index (χ3n) is 3.26. The third-order valence-corrected chi connectivity index (χ3v) is 3.26. The Labute approximate surface area is 97.1 Å². The number of nitrogens with one attached hydrogen (secondary N) is 1. The molecule has 1 saturated heterocycles. The highest BCUT2D eigenvalue weighted by atomic mass is 15.1. The largest absolute Gasteiger partial charge is 0.366 e. The van der Waals surface area contributed by atoms with E-state index in [1.165, 1.54) is 25.9 Å². The molecular weight excluding hydrogens is 200 g/mol. The minimum atomic E-state index is 0.554. The van der Waals surface area contributed by atoms with Crippen molar-refractivity contribution in [3.63, 3.8) is 0 Å². The van der Waals surface area contributed by atoms with Crippen LogP contribution in [0.2, 0.25) is 0 Å². The molecule has 88 valence electrons. The molecule has 0 radical (unpaired) electrons. The molecule has 1 aliphatic rings. The summed E-state index contributed by atoms with van der Waals surface area (Å²) in [4.78, 5) is 11.1. The number of rotatable bonds is 3. The van der Waals surface area contributed by atoms with Gasteiger partial charge in [0.2, 0.25) is 0 Å². The molecule has 2 rings (SSSR count). The fourth-order valence-corrected chi connectivity index (χ4v) is 2.14. The van der Waals surface area contributed by atoms with E-state index >= 15 is 0 Å². The zero-order valence-electron chi connectivity index (χ0n) is 10.1. The molecule has 2 heterocycles. The molecule has 4 heteroatoms. The normalized spacial score (nSPS) is 18.6. The van der Waals surface area contributed by atoms with Crippen LogP contribution in [0.3, 0.4) is 0 Å². The molecule has 0 amide bonds. The first-order chi connectivity index (χ1) is 7.79. The van der Waals surface area contributed by atoms with Gasteiger partial charge in [-0.3, -0.25) is 4.98 Å². The average Bonchev–Trinajstić information content (AvgIpc) is 2.33. The summed E-state index contributed by atoms with van der Waals surface area (Å²) >= 11 is 0. The molecule has 0 unspecified atom stereocenters. The van der Waals surface area contributed by atoms with Crippen molar-refractivity contribution >= 4 is 5.82 Å². The van der Waals surface area contributed by atoms with Gasteiger partial charge in [0, 0.05) is 31.5 Å². The van der Waals surface area contributed by atoms with Crippen molar-refractivity contribution in [2.24, 2.45) is 0 Å². The van der Waals surface area contributed by atoms with E-state index in [1.54, 1.807) is 12.4 Å². The van der Waals surface area contributed by atoms with E-state index in [9.17, 15) is 0 Å². The number of piperidine rings is 1. The highest BCUT2D eigenvalue weighted by Gasteiger charge is 2.18. The van der Waals surface area contributed by atoms with E-state index in [-0.39, 0.29) is 0 Å². The Bertz CT molecular complexity index is 332. The highest BCUT2D eigenvalue weighted by molar-refractivity contribution is 5.39. The predicted molar refractivity (Wildman–Crippen MR) is 65.5 cm³/mol. The topological polar surface area (TPSA) is 41.0 Å². The lowest BCUT2D eigenvalue weighted by atomic mass is 10.1. The Kier molecular flexibility index (Phi) is 3.72. The molecule has 0 saturated carbocycles. The molecule has 1 aromatic heterocycles. The molecule has 0 aromatic carbocycles. The molecule has 4 nitrogen and oxygen atoms in total. The van der Waals surface area contributed by atoms with Gasteiger partial charge in [-0.1, -0.05) is 6.92 Å². The van der Waals surface area contributed by atoms with Crippen LogP contribution in [0, 0.1) is 6.92 Å². The molecule has 0 aliphatic carbocycles. The van der Waals surface area contributed by atoms with Crippen molar-refractivity contribution < 1.29 is 0 Å². The quantitative estimate of drug-likeness (QED) is 0.841. The van der Waals surface area contributed by atoms with E-state index in [4.69, 9.17) is 0 Å². The summed E-state index contributed by atoms with van der Waals surface area (Å²) in [6.45, 7) is 7.76. The van der Waals surface area contributed by atoms with E-state index in [0.29, 0.717) is 6.04 Å². The van der Waals surface area contributed by atoms with E-state index in [2.05, 4.69) is 27.1 Å². The Hall–Kier alpha value is -1.16. The lowest BCUT2D eigenvalue weighted by Crippen LogP contribution is -2.39. The van der Waals surface area contributed by atoms with Crippen LogP contribution in [0.1, 0.15) is 25.5 Å². The summed E-state index contributed by atoms with van der Waals surface area (Å²) in [7, 11) is 0. The molecule has 0 bridgehead atoms. The summed E-state index contributed by atoms with van der Waals surface area (Å²) in [5.74, 6) is 0.942. The Morgan fingerprint density at radius 3 is 2.62 bits per heavy atom. The number of hydrogen-bond donors (Lipinski definition) is 1. The first-order valence-corrected chi connectivity index (χ1v) is 6.06.